The number of nitrogens with one attached hydrogen (secondary N) is 1. The van der Waals surface area contributed by atoms with Crippen molar-refractivity contribution in [1.82, 2.24) is 19.6 Å². The Labute approximate surface area is 191 Å². The fourth-order valence-electron chi connectivity index (χ4n) is 3.30. The van der Waals surface area contributed by atoms with Crippen molar-refractivity contribution in [3.8, 4) is 5.75 Å². The van der Waals surface area contributed by atoms with Gasteiger partial charge in [-0.15, -0.1) is 0 Å². The fourth-order valence-corrected chi connectivity index (χ4v) is 3.30. The normalized spacial score (nSPS) is 10.7. The van der Waals surface area contributed by atoms with Gasteiger partial charge in [-0.1, -0.05) is 49.4 Å². The minimum absolute atomic E-state index is 0.134. The van der Waals surface area contributed by atoms with E-state index >= 15 is 0 Å². The molecule has 2 aromatic heterocycles. The maximum absolute atomic E-state index is 12.8. The second-order valence-electron chi connectivity index (χ2n) is 7.44. The number of nitrogens with zero attached hydrogens (tertiary/aromatic N) is 4. The van der Waals surface area contributed by atoms with Crippen molar-refractivity contribution in [3.05, 3.63) is 106 Å². The van der Waals surface area contributed by atoms with Gasteiger partial charge in [0.15, 0.2) is 0 Å². The first-order valence-electron chi connectivity index (χ1n) is 10.8. The number of rotatable bonds is 9. The Morgan fingerprint density at radius 2 is 1.70 bits per heavy atom. The summed E-state index contributed by atoms with van der Waals surface area (Å²) in [7, 11) is 0. The van der Waals surface area contributed by atoms with Crippen LogP contribution in [-0.2, 0) is 19.5 Å². The number of para-hydroxylation sites is 1. The number of ether oxygens (including phenoxy) is 1. The van der Waals surface area contributed by atoms with Crippen molar-refractivity contribution >= 4 is 11.7 Å². The van der Waals surface area contributed by atoms with Crippen molar-refractivity contribution in [2.75, 3.05) is 11.9 Å². The van der Waals surface area contributed by atoms with Gasteiger partial charge < -0.3 is 10.1 Å². The summed E-state index contributed by atoms with van der Waals surface area (Å²) < 4.78 is 8.56. The molecule has 0 aliphatic rings. The molecule has 0 aliphatic carbocycles. The largest absolute Gasteiger partial charge is 0.492 e. The lowest BCUT2D eigenvalue weighted by atomic mass is 10.1. The van der Waals surface area contributed by atoms with E-state index in [2.05, 4.69) is 46.7 Å². The fraction of sp³-hybridized carbons (Fsp3) is 0.200. The number of carbonyl (C=O) groups excluding carboxylic acids is 1. The zero-order valence-corrected chi connectivity index (χ0v) is 18.3. The maximum Gasteiger partial charge on any atom is 0.277 e. The minimum Gasteiger partial charge on any atom is -0.492 e. The van der Waals surface area contributed by atoms with E-state index in [1.807, 2.05) is 30.3 Å². The molecule has 1 N–H and O–H groups in total. The lowest BCUT2D eigenvalue weighted by Crippen LogP contribution is -2.28. The van der Waals surface area contributed by atoms with Crippen LogP contribution < -0.4 is 15.6 Å². The Hall–Kier alpha value is -4.20. The molecule has 1 amide bonds. The summed E-state index contributed by atoms with van der Waals surface area (Å²) in [6, 6.07) is 22.1. The number of anilines is 1. The molecular formula is C25H25N5O3. The van der Waals surface area contributed by atoms with Crippen LogP contribution in [0.4, 0.5) is 5.82 Å². The van der Waals surface area contributed by atoms with Crippen LogP contribution in [0.5, 0.6) is 5.75 Å². The lowest BCUT2D eigenvalue weighted by Gasteiger charge is -2.11. The molecule has 0 spiro atoms. The third-order valence-corrected chi connectivity index (χ3v) is 5.14. The Balaban J connectivity index is 1.41. The van der Waals surface area contributed by atoms with Crippen molar-refractivity contribution in [1.29, 1.82) is 0 Å². The molecule has 8 heteroatoms. The third kappa shape index (κ3) is 5.74. The summed E-state index contributed by atoms with van der Waals surface area (Å²) in [5.41, 5.74) is 2.18. The highest BCUT2D eigenvalue weighted by atomic mass is 16.5. The number of hydrogen-bond donors (Lipinski definition) is 1. The predicted octanol–water partition coefficient (Wildman–Crippen LogP) is 3.38. The first-order valence-corrected chi connectivity index (χ1v) is 10.8. The van der Waals surface area contributed by atoms with Crippen LogP contribution in [0.1, 0.15) is 28.5 Å². The molecule has 0 unspecified atom stereocenters. The average Bonchev–Trinajstić information content (AvgIpc) is 3.27. The van der Waals surface area contributed by atoms with Gasteiger partial charge in [0.1, 0.15) is 23.9 Å². The van der Waals surface area contributed by atoms with Crippen LogP contribution in [0, 0.1) is 0 Å². The monoisotopic (exact) mass is 443 g/mol. The number of benzene rings is 2. The Morgan fingerprint density at radius 3 is 2.45 bits per heavy atom. The van der Waals surface area contributed by atoms with Gasteiger partial charge in [0.05, 0.1) is 19.3 Å². The van der Waals surface area contributed by atoms with E-state index in [-0.39, 0.29) is 24.4 Å². The van der Waals surface area contributed by atoms with E-state index in [9.17, 15) is 9.59 Å². The van der Waals surface area contributed by atoms with Gasteiger partial charge in [-0.2, -0.15) is 10.2 Å². The average molecular weight is 444 g/mol. The molecule has 2 heterocycles. The molecule has 168 valence electrons. The second kappa shape index (κ2) is 10.4. The van der Waals surface area contributed by atoms with Crippen LogP contribution in [-0.4, -0.2) is 32.1 Å². The van der Waals surface area contributed by atoms with Crippen molar-refractivity contribution in [2.24, 2.45) is 0 Å². The minimum atomic E-state index is -0.421. The van der Waals surface area contributed by atoms with Crippen molar-refractivity contribution < 1.29 is 9.53 Å². The zero-order valence-electron chi connectivity index (χ0n) is 18.3. The highest BCUT2D eigenvalue weighted by Crippen LogP contribution is 2.13. The standard InChI is InChI=1S/C25H25N5O3/c1-2-19-8-10-20(11-9-19)18-30-23(14-15-26-30)27-25(32)22-12-13-24(31)29(28-22)16-17-33-21-6-4-3-5-7-21/h3-15H,2,16-18H2,1H3,(H,27,32). The topological polar surface area (TPSA) is 91.0 Å². The zero-order chi connectivity index (χ0) is 23.0. The number of aromatic nitrogens is 4. The molecule has 8 nitrogen and oxygen atoms in total. The summed E-state index contributed by atoms with van der Waals surface area (Å²) in [6.07, 6.45) is 2.61. The van der Waals surface area contributed by atoms with E-state index in [1.54, 1.807) is 16.9 Å². The number of hydrogen-bond acceptors (Lipinski definition) is 5. The number of carbonyl (C=O) groups is 1. The Morgan fingerprint density at radius 1 is 0.939 bits per heavy atom. The number of aryl methyl sites for hydroxylation is 1. The van der Waals surface area contributed by atoms with Crippen LogP contribution in [0.2, 0.25) is 0 Å². The molecule has 4 rings (SSSR count). The molecule has 0 atom stereocenters. The molecule has 0 saturated heterocycles. The predicted molar refractivity (Wildman–Crippen MR) is 126 cm³/mol. The molecule has 0 aliphatic heterocycles. The van der Waals surface area contributed by atoms with Gasteiger partial charge in [-0.05, 0) is 35.7 Å². The van der Waals surface area contributed by atoms with E-state index in [0.29, 0.717) is 18.1 Å². The highest BCUT2D eigenvalue weighted by Gasteiger charge is 2.13. The van der Waals surface area contributed by atoms with Crippen LogP contribution in [0.25, 0.3) is 0 Å². The molecule has 4 aromatic rings. The van der Waals surface area contributed by atoms with Gasteiger partial charge in [-0.25, -0.2) is 9.36 Å². The van der Waals surface area contributed by atoms with Crippen molar-refractivity contribution in [3.63, 3.8) is 0 Å². The molecular weight excluding hydrogens is 418 g/mol. The van der Waals surface area contributed by atoms with Crippen LogP contribution in [0.3, 0.4) is 0 Å². The molecule has 0 fully saturated rings. The third-order valence-electron chi connectivity index (χ3n) is 5.14. The molecule has 0 radical (unpaired) electrons. The quantitative estimate of drug-likeness (QED) is 0.428. The van der Waals surface area contributed by atoms with Crippen LogP contribution >= 0.6 is 0 Å². The first-order chi connectivity index (χ1) is 16.1. The highest BCUT2D eigenvalue weighted by molar-refractivity contribution is 6.02. The molecule has 0 saturated carbocycles. The van der Waals surface area contributed by atoms with Gasteiger partial charge >= 0.3 is 0 Å². The molecule has 0 bridgehead atoms. The summed E-state index contributed by atoms with van der Waals surface area (Å²) in [6.45, 7) is 3.12. The van der Waals surface area contributed by atoms with E-state index in [4.69, 9.17) is 4.74 Å². The Bertz CT molecular complexity index is 1260. The van der Waals surface area contributed by atoms with Crippen LogP contribution in [0.15, 0.2) is 83.8 Å². The van der Waals surface area contributed by atoms with Gasteiger partial charge in [-0.3, -0.25) is 9.59 Å². The first kappa shape index (κ1) is 22.0. The van der Waals surface area contributed by atoms with E-state index in [0.717, 1.165) is 12.0 Å². The van der Waals surface area contributed by atoms with Crippen molar-refractivity contribution in [2.45, 2.75) is 26.4 Å². The molecule has 33 heavy (non-hydrogen) atoms. The lowest BCUT2D eigenvalue weighted by molar-refractivity contribution is 0.101. The summed E-state index contributed by atoms with van der Waals surface area (Å²) >= 11 is 0. The number of amides is 1. The SMILES string of the molecule is CCc1ccc(Cn2nccc2NC(=O)c2ccc(=O)n(CCOc3ccccc3)n2)cc1. The van der Waals surface area contributed by atoms with E-state index in [1.165, 1.54) is 22.4 Å². The summed E-state index contributed by atoms with van der Waals surface area (Å²) in [5.74, 6) is 0.833. The summed E-state index contributed by atoms with van der Waals surface area (Å²) in [5, 5.41) is 11.3. The van der Waals surface area contributed by atoms with E-state index < -0.39 is 5.91 Å². The van der Waals surface area contributed by atoms with Gasteiger partial charge in [0, 0.05) is 12.1 Å². The smallest absolute Gasteiger partial charge is 0.277 e. The van der Waals surface area contributed by atoms with Gasteiger partial charge in [0.2, 0.25) is 0 Å². The second-order valence-corrected chi connectivity index (χ2v) is 7.44. The summed E-state index contributed by atoms with van der Waals surface area (Å²) in [4.78, 5) is 25.0. The Kier molecular flexibility index (Phi) is 6.94. The molecule has 2 aromatic carbocycles. The maximum atomic E-state index is 12.8. The van der Waals surface area contributed by atoms with Gasteiger partial charge in [0.25, 0.3) is 11.5 Å².